The van der Waals surface area contributed by atoms with Gasteiger partial charge < -0.3 is 11.1 Å². The lowest BCUT2D eigenvalue weighted by molar-refractivity contribution is 0.325. The minimum Gasteiger partial charge on any atom is -0.326 e. The van der Waals surface area contributed by atoms with Crippen LogP contribution in [-0.2, 0) is 6.54 Å². The van der Waals surface area contributed by atoms with E-state index in [4.69, 9.17) is 5.73 Å². The third kappa shape index (κ3) is 3.01. The highest BCUT2D eigenvalue weighted by atomic mass is 15.0. The van der Waals surface area contributed by atoms with Crippen LogP contribution in [0.3, 0.4) is 0 Å². The second-order valence-corrected chi connectivity index (χ2v) is 4.26. The number of nitrogens with one attached hydrogen (secondary N) is 1. The van der Waals surface area contributed by atoms with Crippen LogP contribution in [0, 0.1) is 0 Å². The van der Waals surface area contributed by atoms with Crippen molar-refractivity contribution < 1.29 is 0 Å². The van der Waals surface area contributed by atoms with E-state index < -0.39 is 0 Å². The van der Waals surface area contributed by atoms with Crippen molar-refractivity contribution in [3.05, 3.63) is 30.1 Å². The third-order valence-corrected chi connectivity index (χ3v) is 3.09. The zero-order valence-electron chi connectivity index (χ0n) is 9.02. The van der Waals surface area contributed by atoms with Crippen molar-refractivity contribution in [2.24, 2.45) is 5.73 Å². The standard InChI is InChI=1S/C12H19N3/c13-11-6-1-2-7-12(11)15-9-10-5-3-4-8-14-10/h3-5,8,11-12,15H,1-2,6-7,9,13H2/t11-,12-/m1/s1. The molecule has 0 spiro atoms. The van der Waals surface area contributed by atoms with Crippen molar-refractivity contribution in [1.82, 2.24) is 10.3 Å². The number of hydrogen-bond acceptors (Lipinski definition) is 3. The topological polar surface area (TPSA) is 50.9 Å². The van der Waals surface area contributed by atoms with Crippen LogP contribution < -0.4 is 11.1 Å². The number of hydrogen-bond donors (Lipinski definition) is 2. The van der Waals surface area contributed by atoms with Crippen LogP contribution in [-0.4, -0.2) is 17.1 Å². The molecule has 3 N–H and O–H groups in total. The van der Waals surface area contributed by atoms with Gasteiger partial charge in [0.1, 0.15) is 0 Å². The number of nitrogens with two attached hydrogens (primary N) is 1. The Morgan fingerprint density at radius 2 is 2.20 bits per heavy atom. The number of rotatable bonds is 3. The lowest BCUT2D eigenvalue weighted by atomic mass is 9.91. The van der Waals surface area contributed by atoms with E-state index in [2.05, 4.69) is 10.3 Å². The summed E-state index contributed by atoms with van der Waals surface area (Å²) in [5.41, 5.74) is 7.15. The highest BCUT2D eigenvalue weighted by Crippen LogP contribution is 2.17. The van der Waals surface area contributed by atoms with Crippen LogP contribution in [0.5, 0.6) is 0 Å². The van der Waals surface area contributed by atoms with Gasteiger partial charge in [0.05, 0.1) is 5.69 Å². The Bertz CT molecular complexity index is 286. The molecule has 0 radical (unpaired) electrons. The van der Waals surface area contributed by atoms with Gasteiger partial charge in [0.15, 0.2) is 0 Å². The molecule has 1 aliphatic rings. The van der Waals surface area contributed by atoms with Crippen molar-refractivity contribution in [1.29, 1.82) is 0 Å². The fourth-order valence-electron chi connectivity index (χ4n) is 2.15. The molecule has 15 heavy (non-hydrogen) atoms. The molecular weight excluding hydrogens is 186 g/mol. The maximum absolute atomic E-state index is 6.06. The number of pyridine rings is 1. The summed E-state index contributed by atoms with van der Waals surface area (Å²) in [7, 11) is 0. The van der Waals surface area contributed by atoms with Crippen LogP contribution >= 0.6 is 0 Å². The van der Waals surface area contributed by atoms with Crippen LogP contribution in [0.2, 0.25) is 0 Å². The van der Waals surface area contributed by atoms with Crippen molar-refractivity contribution in [2.45, 2.75) is 44.3 Å². The van der Waals surface area contributed by atoms with Crippen molar-refractivity contribution in [3.63, 3.8) is 0 Å². The quantitative estimate of drug-likeness (QED) is 0.785. The predicted molar refractivity (Wildman–Crippen MR) is 61.3 cm³/mol. The molecule has 3 nitrogen and oxygen atoms in total. The van der Waals surface area contributed by atoms with Gasteiger partial charge in [0.25, 0.3) is 0 Å². The SMILES string of the molecule is N[C@@H]1CCCC[C@H]1NCc1ccccn1. The summed E-state index contributed by atoms with van der Waals surface area (Å²) in [6.07, 6.45) is 6.77. The summed E-state index contributed by atoms with van der Waals surface area (Å²) in [6.45, 7) is 0.833. The molecule has 2 rings (SSSR count). The predicted octanol–water partition coefficient (Wildman–Crippen LogP) is 1.44. The number of aromatic nitrogens is 1. The van der Waals surface area contributed by atoms with Crippen LogP contribution in [0.25, 0.3) is 0 Å². The van der Waals surface area contributed by atoms with E-state index in [9.17, 15) is 0 Å². The second kappa shape index (κ2) is 5.24. The molecule has 0 saturated heterocycles. The second-order valence-electron chi connectivity index (χ2n) is 4.26. The molecule has 3 heteroatoms. The van der Waals surface area contributed by atoms with Gasteiger partial charge in [0, 0.05) is 24.8 Å². The molecule has 0 unspecified atom stereocenters. The van der Waals surface area contributed by atoms with Gasteiger partial charge in [-0.25, -0.2) is 0 Å². The Hall–Kier alpha value is -0.930. The first-order valence-electron chi connectivity index (χ1n) is 5.75. The summed E-state index contributed by atoms with van der Waals surface area (Å²) >= 11 is 0. The molecule has 2 atom stereocenters. The van der Waals surface area contributed by atoms with Gasteiger partial charge in [-0.3, -0.25) is 4.98 Å². The highest BCUT2D eigenvalue weighted by molar-refractivity contribution is 5.03. The molecule has 1 saturated carbocycles. The molecule has 0 aliphatic heterocycles. The maximum Gasteiger partial charge on any atom is 0.0541 e. The molecule has 1 aromatic heterocycles. The van der Waals surface area contributed by atoms with E-state index in [1.807, 2.05) is 24.4 Å². The average Bonchev–Trinajstić information content (AvgIpc) is 2.29. The Morgan fingerprint density at radius 1 is 1.33 bits per heavy atom. The molecule has 1 aromatic rings. The summed E-state index contributed by atoms with van der Waals surface area (Å²) in [6, 6.07) is 6.80. The zero-order valence-corrected chi connectivity index (χ0v) is 9.02. The zero-order chi connectivity index (χ0) is 10.5. The monoisotopic (exact) mass is 205 g/mol. The first-order chi connectivity index (χ1) is 7.36. The minimum absolute atomic E-state index is 0.322. The first kappa shape index (κ1) is 10.6. The van der Waals surface area contributed by atoms with Gasteiger partial charge in [-0.1, -0.05) is 18.9 Å². The van der Waals surface area contributed by atoms with Crippen molar-refractivity contribution >= 4 is 0 Å². The van der Waals surface area contributed by atoms with Crippen LogP contribution in [0.4, 0.5) is 0 Å². The number of nitrogens with zero attached hydrogens (tertiary/aromatic N) is 1. The molecule has 1 fully saturated rings. The van der Waals surface area contributed by atoms with Gasteiger partial charge in [-0.05, 0) is 25.0 Å². The molecular formula is C12H19N3. The van der Waals surface area contributed by atoms with E-state index in [1.54, 1.807) is 0 Å². The van der Waals surface area contributed by atoms with Crippen molar-refractivity contribution in [3.8, 4) is 0 Å². The highest BCUT2D eigenvalue weighted by Gasteiger charge is 2.20. The molecule has 1 heterocycles. The van der Waals surface area contributed by atoms with Gasteiger partial charge in [-0.2, -0.15) is 0 Å². The van der Waals surface area contributed by atoms with E-state index in [-0.39, 0.29) is 0 Å². The van der Waals surface area contributed by atoms with E-state index in [0.29, 0.717) is 12.1 Å². The van der Waals surface area contributed by atoms with E-state index >= 15 is 0 Å². The minimum atomic E-state index is 0.322. The molecule has 0 bridgehead atoms. The van der Waals surface area contributed by atoms with Gasteiger partial charge in [0.2, 0.25) is 0 Å². The fourth-order valence-corrected chi connectivity index (χ4v) is 2.15. The molecule has 1 aliphatic carbocycles. The summed E-state index contributed by atoms with van der Waals surface area (Å²) in [5.74, 6) is 0. The summed E-state index contributed by atoms with van der Waals surface area (Å²) in [4.78, 5) is 4.28. The van der Waals surface area contributed by atoms with Gasteiger partial charge >= 0.3 is 0 Å². The molecule has 82 valence electrons. The smallest absolute Gasteiger partial charge is 0.0541 e. The summed E-state index contributed by atoms with van der Waals surface area (Å²) < 4.78 is 0. The van der Waals surface area contributed by atoms with Crippen molar-refractivity contribution in [2.75, 3.05) is 0 Å². The lowest BCUT2D eigenvalue weighted by Gasteiger charge is -2.29. The third-order valence-electron chi connectivity index (χ3n) is 3.09. The van der Waals surface area contributed by atoms with Gasteiger partial charge in [-0.15, -0.1) is 0 Å². The largest absolute Gasteiger partial charge is 0.326 e. The molecule has 0 aromatic carbocycles. The van der Waals surface area contributed by atoms with Crippen LogP contribution in [0.15, 0.2) is 24.4 Å². The van der Waals surface area contributed by atoms with E-state index in [1.165, 1.54) is 19.3 Å². The lowest BCUT2D eigenvalue weighted by Crippen LogP contribution is -2.46. The Kier molecular flexibility index (Phi) is 3.69. The first-order valence-corrected chi connectivity index (χ1v) is 5.75. The Labute approximate surface area is 91.1 Å². The normalized spacial score (nSPS) is 26.5. The van der Waals surface area contributed by atoms with E-state index in [0.717, 1.165) is 18.7 Å². The summed E-state index contributed by atoms with van der Waals surface area (Å²) in [5, 5.41) is 3.50. The average molecular weight is 205 g/mol. The van der Waals surface area contributed by atoms with Crippen LogP contribution in [0.1, 0.15) is 31.4 Å². The molecule has 0 amide bonds. The maximum atomic E-state index is 6.06. The Morgan fingerprint density at radius 3 is 2.93 bits per heavy atom. The Balaban J connectivity index is 1.82. The fraction of sp³-hybridized carbons (Fsp3) is 0.583.